The third kappa shape index (κ3) is 8.29. The number of ether oxygens (including phenoxy) is 3. The monoisotopic (exact) mass is 672 g/mol. The normalized spacial score (nSPS) is 30.3. The highest BCUT2D eigenvalue weighted by atomic mass is 35.5. The molecule has 3 aliphatic heterocycles. The van der Waals surface area contributed by atoms with E-state index in [4.69, 9.17) is 25.8 Å². The number of halogens is 1. The molecule has 1 amide bonds. The van der Waals surface area contributed by atoms with Crippen molar-refractivity contribution in [3.63, 3.8) is 0 Å². The predicted octanol–water partition coefficient (Wildman–Crippen LogP) is 7.92. The maximum absolute atomic E-state index is 13.5. The fraction of sp³-hybridized carbons (Fsp3) is 0.649. The molecule has 7 unspecified atom stereocenters. The zero-order valence-electron chi connectivity index (χ0n) is 28.3. The van der Waals surface area contributed by atoms with Gasteiger partial charge in [-0.1, -0.05) is 64.6 Å². The Hall–Kier alpha value is -2.13. The van der Waals surface area contributed by atoms with Crippen LogP contribution < -0.4 is 14.4 Å². The van der Waals surface area contributed by atoms with Crippen LogP contribution in [0.15, 0.2) is 36.4 Å². The number of benzene rings is 2. The van der Waals surface area contributed by atoms with Crippen molar-refractivity contribution < 1.29 is 23.2 Å². The number of rotatable bonds is 5. The summed E-state index contributed by atoms with van der Waals surface area (Å²) >= 11 is 6.46. The summed E-state index contributed by atoms with van der Waals surface area (Å²) in [5.41, 5.74) is 3.93. The summed E-state index contributed by atoms with van der Waals surface area (Å²) in [5, 5.41) is 0.584. The van der Waals surface area contributed by atoms with E-state index < -0.39 is 11.0 Å². The molecule has 0 radical (unpaired) electrons. The standard InChI is InChI=1S/C37H53ClN2O5S/c1-6-10-27-19-30(38)14-15-32(27)29-22-40-21-25(4)31(7-2)33(37-43-17-9-18-44-37)12-8-11-24(3)26(5)46(42)39-36(41)28-13-16-35(45-23-29)34(40)20-28/h13-16,19-20,24-26,29,31,33,37H,6-12,17-18,21-23H2,1-5H3,(H,39,41). The lowest BCUT2D eigenvalue weighted by Crippen LogP contribution is -2.42. The second-order valence-electron chi connectivity index (χ2n) is 13.7. The van der Waals surface area contributed by atoms with Crippen molar-refractivity contribution in [2.75, 3.05) is 37.8 Å². The Morgan fingerprint density at radius 2 is 1.76 bits per heavy atom. The van der Waals surface area contributed by atoms with E-state index >= 15 is 0 Å². The number of amides is 1. The summed E-state index contributed by atoms with van der Waals surface area (Å²) in [6.45, 7) is 14.5. The van der Waals surface area contributed by atoms with E-state index in [1.54, 1.807) is 6.07 Å². The highest BCUT2D eigenvalue weighted by Crippen LogP contribution is 2.40. The molecule has 2 aromatic rings. The molecule has 1 fully saturated rings. The van der Waals surface area contributed by atoms with Gasteiger partial charge >= 0.3 is 0 Å². The molecule has 254 valence electrons. The molecule has 2 aromatic carbocycles. The van der Waals surface area contributed by atoms with Crippen molar-refractivity contribution in [1.29, 1.82) is 0 Å². The molecule has 3 aliphatic rings. The molecule has 0 saturated carbocycles. The van der Waals surface area contributed by atoms with Crippen LogP contribution in [0.1, 0.15) is 101 Å². The minimum Gasteiger partial charge on any atom is -0.491 e. The number of nitrogens with zero attached hydrogens (tertiary/aromatic N) is 1. The Morgan fingerprint density at radius 1 is 0.978 bits per heavy atom. The second-order valence-corrected chi connectivity index (χ2v) is 15.7. The number of nitrogens with one attached hydrogen (secondary N) is 1. The first-order valence-corrected chi connectivity index (χ1v) is 19.0. The maximum atomic E-state index is 13.5. The van der Waals surface area contributed by atoms with E-state index in [-0.39, 0.29) is 35.2 Å². The Kier molecular flexibility index (Phi) is 12.5. The van der Waals surface area contributed by atoms with Crippen molar-refractivity contribution in [1.82, 2.24) is 4.72 Å². The number of aryl methyl sites for hydroxylation is 1. The van der Waals surface area contributed by atoms with Gasteiger partial charge in [0.05, 0.1) is 30.8 Å². The van der Waals surface area contributed by atoms with Gasteiger partial charge in [-0.05, 0) is 91.8 Å². The molecular weight excluding hydrogens is 620 g/mol. The van der Waals surface area contributed by atoms with E-state index in [2.05, 4.69) is 49.4 Å². The molecular formula is C37H53ClN2O5S. The van der Waals surface area contributed by atoms with Crippen LogP contribution in [0, 0.1) is 23.7 Å². The molecule has 5 rings (SSSR count). The van der Waals surface area contributed by atoms with Gasteiger partial charge in [0, 0.05) is 35.5 Å². The average molecular weight is 673 g/mol. The van der Waals surface area contributed by atoms with Crippen molar-refractivity contribution in [2.24, 2.45) is 23.7 Å². The van der Waals surface area contributed by atoms with Gasteiger partial charge in [0.25, 0.3) is 5.91 Å². The highest BCUT2D eigenvalue weighted by Gasteiger charge is 2.37. The van der Waals surface area contributed by atoms with Crippen LogP contribution in [0.4, 0.5) is 5.69 Å². The van der Waals surface area contributed by atoms with Gasteiger partial charge in [-0.2, -0.15) is 0 Å². The lowest BCUT2D eigenvalue weighted by Gasteiger charge is -2.40. The van der Waals surface area contributed by atoms with Crippen LogP contribution in [0.25, 0.3) is 0 Å². The molecule has 1 saturated heterocycles. The SMILES string of the molecule is CCCc1cc(Cl)ccc1C1COc2ccc3cc2N(C1)CC(C)C(CC)C(C1OCCCO1)CCCC(C)C(C)S(=O)NC3=O. The Bertz CT molecular complexity index is 1350. The zero-order chi connectivity index (χ0) is 32.8. The predicted molar refractivity (Wildman–Crippen MR) is 187 cm³/mol. The highest BCUT2D eigenvalue weighted by molar-refractivity contribution is 7.84. The zero-order valence-corrected chi connectivity index (χ0v) is 29.8. The average Bonchev–Trinajstić information content (AvgIpc) is 3.23. The van der Waals surface area contributed by atoms with E-state index in [1.165, 1.54) is 11.1 Å². The third-order valence-corrected chi connectivity index (χ3v) is 12.3. The van der Waals surface area contributed by atoms with Gasteiger partial charge in [0.1, 0.15) is 16.7 Å². The maximum Gasteiger partial charge on any atom is 0.263 e. The van der Waals surface area contributed by atoms with Crippen LogP contribution in [0.5, 0.6) is 5.75 Å². The van der Waals surface area contributed by atoms with Crippen LogP contribution in [0.2, 0.25) is 5.02 Å². The summed E-state index contributed by atoms with van der Waals surface area (Å²) in [7, 11) is -1.50. The van der Waals surface area contributed by atoms with Gasteiger partial charge < -0.3 is 19.1 Å². The van der Waals surface area contributed by atoms with Gasteiger partial charge in [0.2, 0.25) is 0 Å². The molecule has 1 N–H and O–H groups in total. The lowest BCUT2D eigenvalue weighted by atomic mass is 9.76. The molecule has 0 aliphatic carbocycles. The van der Waals surface area contributed by atoms with Gasteiger partial charge in [-0.25, -0.2) is 4.21 Å². The summed E-state index contributed by atoms with van der Waals surface area (Å²) in [6.07, 6.45) is 6.65. The second kappa shape index (κ2) is 16.3. The smallest absolute Gasteiger partial charge is 0.263 e. The number of hydrogen-bond donors (Lipinski definition) is 1. The topological polar surface area (TPSA) is 77.1 Å². The van der Waals surface area contributed by atoms with Gasteiger partial charge in [-0.15, -0.1) is 0 Å². The van der Waals surface area contributed by atoms with E-state index in [9.17, 15) is 9.00 Å². The van der Waals surface area contributed by atoms with Gasteiger partial charge in [-0.3, -0.25) is 9.52 Å². The van der Waals surface area contributed by atoms with Crippen LogP contribution >= 0.6 is 11.6 Å². The minimum absolute atomic E-state index is 0.122. The van der Waals surface area contributed by atoms with Crippen molar-refractivity contribution in [3.05, 3.63) is 58.1 Å². The Balaban J connectivity index is 1.55. The minimum atomic E-state index is -1.50. The quantitative estimate of drug-likeness (QED) is 0.348. The van der Waals surface area contributed by atoms with E-state index in [0.29, 0.717) is 24.0 Å². The van der Waals surface area contributed by atoms with E-state index in [1.807, 2.05) is 25.1 Å². The molecule has 7 atom stereocenters. The molecule has 0 spiro atoms. The molecule has 3 heterocycles. The summed E-state index contributed by atoms with van der Waals surface area (Å²) < 4.78 is 35.2. The van der Waals surface area contributed by atoms with Gasteiger partial charge in [0.15, 0.2) is 6.29 Å². The number of fused-ring (bicyclic) bond motifs is 1. The molecule has 46 heavy (non-hydrogen) atoms. The molecule has 2 bridgehead atoms. The molecule has 9 heteroatoms. The summed E-state index contributed by atoms with van der Waals surface area (Å²) in [5.74, 6) is 1.73. The summed E-state index contributed by atoms with van der Waals surface area (Å²) in [6, 6.07) is 11.9. The first-order valence-electron chi connectivity index (χ1n) is 17.4. The van der Waals surface area contributed by atoms with Crippen molar-refractivity contribution in [2.45, 2.75) is 97.0 Å². The van der Waals surface area contributed by atoms with Crippen molar-refractivity contribution in [3.8, 4) is 5.75 Å². The number of anilines is 1. The number of hydrogen-bond acceptors (Lipinski definition) is 6. The fourth-order valence-electron chi connectivity index (χ4n) is 7.73. The van der Waals surface area contributed by atoms with Crippen molar-refractivity contribution >= 4 is 34.2 Å². The third-order valence-electron chi connectivity index (χ3n) is 10.5. The summed E-state index contributed by atoms with van der Waals surface area (Å²) in [4.78, 5) is 15.9. The van der Waals surface area contributed by atoms with Crippen LogP contribution in [-0.2, 0) is 26.9 Å². The van der Waals surface area contributed by atoms with Crippen LogP contribution in [-0.4, -0.2) is 54.6 Å². The number of carbonyl (C=O) groups excluding carboxylic acids is 1. The largest absolute Gasteiger partial charge is 0.491 e. The first kappa shape index (κ1) is 35.2. The molecule has 0 aromatic heterocycles. The van der Waals surface area contributed by atoms with Crippen LogP contribution in [0.3, 0.4) is 0 Å². The lowest BCUT2D eigenvalue weighted by molar-refractivity contribution is -0.218. The first-order chi connectivity index (χ1) is 22.2. The molecule has 7 nitrogen and oxygen atoms in total. The Morgan fingerprint density at radius 3 is 2.50 bits per heavy atom. The fourth-order valence-corrected chi connectivity index (χ4v) is 8.97. The Labute approximate surface area is 283 Å². The van der Waals surface area contributed by atoms with E-state index in [0.717, 1.165) is 87.7 Å². The number of carbonyl (C=O) groups is 1.